The van der Waals surface area contributed by atoms with E-state index in [2.05, 4.69) is 50.5 Å². The first-order valence-corrected chi connectivity index (χ1v) is 7.86. The molecule has 0 atom stereocenters. The summed E-state index contributed by atoms with van der Waals surface area (Å²) in [5.41, 5.74) is 1.46. The van der Waals surface area contributed by atoms with Crippen LogP contribution >= 0.6 is 27.3 Å². The maximum atomic E-state index is 4.29. The van der Waals surface area contributed by atoms with E-state index in [1.807, 2.05) is 11.6 Å². The predicted molar refractivity (Wildman–Crippen MR) is 78.9 cm³/mol. The highest BCUT2D eigenvalue weighted by molar-refractivity contribution is 9.10. The van der Waals surface area contributed by atoms with Gasteiger partial charge in [-0.15, -0.1) is 11.3 Å². The van der Waals surface area contributed by atoms with Crippen LogP contribution in [-0.2, 0) is 6.54 Å². The molecule has 0 saturated heterocycles. The summed E-state index contributed by atoms with van der Waals surface area (Å²) in [6.07, 6.45) is 4.34. The lowest BCUT2D eigenvalue weighted by molar-refractivity contribution is 0.289. The van der Waals surface area contributed by atoms with E-state index in [0.29, 0.717) is 6.04 Å². The van der Waals surface area contributed by atoms with Gasteiger partial charge < -0.3 is 5.32 Å². The third-order valence-corrected chi connectivity index (χ3v) is 4.76. The highest BCUT2D eigenvalue weighted by Gasteiger charge is 2.29. The molecule has 1 fully saturated rings. The Hall–Kier alpha value is -0.710. The number of halogens is 1. The van der Waals surface area contributed by atoms with Gasteiger partial charge in [0.15, 0.2) is 0 Å². The van der Waals surface area contributed by atoms with Crippen molar-refractivity contribution in [3.05, 3.63) is 50.9 Å². The van der Waals surface area contributed by atoms with Crippen LogP contribution in [0.25, 0.3) is 0 Å². The summed E-state index contributed by atoms with van der Waals surface area (Å²) in [7, 11) is 0. The molecule has 1 aliphatic rings. The normalized spacial score (nSPS) is 22.7. The van der Waals surface area contributed by atoms with E-state index in [4.69, 9.17) is 0 Å². The van der Waals surface area contributed by atoms with Gasteiger partial charge in [0.1, 0.15) is 5.01 Å². The zero-order chi connectivity index (χ0) is 12.4. The Morgan fingerprint density at radius 3 is 3.00 bits per heavy atom. The maximum absolute atomic E-state index is 4.29. The van der Waals surface area contributed by atoms with E-state index in [9.17, 15) is 0 Å². The molecule has 1 aromatic heterocycles. The van der Waals surface area contributed by atoms with Crippen molar-refractivity contribution in [3.8, 4) is 0 Å². The Morgan fingerprint density at radius 1 is 1.39 bits per heavy atom. The molecule has 1 saturated carbocycles. The second-order valence-corrected chi connectivity index (χ2v) is 6.62. The van der Waals surface area contributed by atoms with Crippen LogP contribution in [0.1, 0.15) is 29.3 Å². The minimum absolute atomic E-state index is 0.651. The fourth-order valence-corrected chi connectivity index (χ4v) is 3.37. The topological polar surface area (TPSA) is 24.9 Å². The first-order valence-electron chi connectivity index (χ1n) is 6.18. The van der Waals surface area contributed by atoms with Gasteiger partial charge in [0.25, 0.3) is 0 Å². The number of thiazole rings is 1. The van der Waals surface area contributed by atoms with Crippen LogP contribution in [0.3, 0.4) is 0 Å². The molecule has 0 spiro atoms. The van der Waals surface area contributed by atoms with Crippen molar-refractivity contribution < 1.29 is 0 Å². The fourth-order valence-electron chi connectivity index (χ4n) is 2.39. The van der Waals surface area contributed by atoms with Crippen molar-refractivity contribution in [1.82, 2.24) is 10.3 Å². The smallest absolute Gasteiger partial charge is 0.106 e. The average Bonchev–Trinajstić information content (AvgIpc) is 2.80. The van der Waals surface area contributed by atoms with Gasteiger partial charge in [0.2, 0.25) is 0 Å². The Kier molecular flexibility index (Phi) is 3.77. The van der Waals surface area contributed by atoms with Crippen molar-refractivity contribution in [2.24, 2.45) is 0 Å². The average molecular weight is 323 g/mol. The highest BCUT2D eigenvalue weighted by atomic mass is 79.9. The SMILES string of the molecule is Brc1cccc(C2CC(NCc3nccs3)C2)c1. The van der Waals surface area contributed by atoms with Crippen LogP contribution in [-0.4, -0.2) is 11.0 Å². The van der Waals surface area contributed by atoms with E-state index in [1.54, 1.807) is 11.3 Å². The summed E-state index contributed by atoms with van der Waals surface area (Å²) >= 11 is 5.25. The third kappa shape index (κ3) is 2.82. The number of rotatable bonds is 4. The summed E-state index contributed by atoms with van der Waals surface area (Å²) in [6, 6.07) is 9.32. The largest absolute Gasteiger partial charge is 0.308 e. The van der Waals surface area contributed by atoms with E-state index in [1.165, 1.54) is 27.9 Å². The third-order valence-electron chi connectivity index (χ3n) is 3.48. The summed E-state index contributed by atoms with van der Waals surface area (Å²) < 4.78 is 1.18. The summed E-state index contributed by atoms with van der Waals surface area (Å²) in [5, 5.41) is 6.78. The minimum atomic E-state index is 0.651. The lowest BCUT2D eigenvalue weighted by atomic mass is 9.76. The van der Waals surface area contributed by atoms with Gasteiger partial charge in [-0.3, -0.25) is 0 Å². The summed E-state index contributed by atoms with van der Waals surface area (Å²) in [4.78, 5) is 4.29. The zero-order valence-electron chi connectivity index (χ0n) is 9.97. The number of hydrogen-bond acceptors (Lipinski definition) is 3. The number of hydrogen-bond donors (Lipinski definition) is 1. The summed E-state index contributed by atoms with van der Waals surface area (Å²) in [6.45, 7) is 0.910. The molecule has 0 amide bonds. The fraction of sp³-hybridized carbons (Fsp3) is 0.357. The number of aromatic nitrogens is 1. The molecule has 1 N–H and O–H groups in total. The minimum Gasteiger partial charge on any atom is -0.308 e. The van der Waals surface area contributed by atoms with Crippen molar-refractivity contribution in [2.75, 3.05) is 0 Å². The van der Waals surface area contributed by atoms with Gasteiger partial charge in [-0.25, -0.2) is 4.98 Å². The number of nitrogens with one attached hydrogen (secondary N) is 1. The van der Waals surface area contributed by atoms with Gasteiger partial charge >= 0.3 is 0 Å². The Morgan fingerprint density at radius 2 is 2.28 bits per heavy atom. The molecule has 1 heterocycles. The summed E-state index contributed by atoms with van der Waals surface area (Å²) in [5.74, 6) is 0.719. The molecule has 0 aliphatic heterocycles. The lowest BCUT2D eigenvalue weighted by Gasteiger charge is -2.36. The standard InChI is InChI=1S/C14H15BrN2S/c15-12-3-1-2-10(6-12)11-7-13(8-11)17-9-14-16-4-5-18-14/h1-6,11,13,17H,7-9H2. The van der Waals surface area contributed by atoms with Crippen LogP contribution in [0.5, 0.6) is 0 Å². The van der Waals surface area contributed by atoms with Crippen LogP contribution in [0.4, 0.5) is 0 Å². The number of nitrogens with zero attached hydrogens (tertiary/aromatic N) is 1. The highest BCUT2D eigenvalue weighted by Crippen LogP contribution is 2.37. The van der Waals surface area contributed by atoms with E-state index >= 15 is 0 Å². The van der Waals surface area contributed by atoms with Crippen LogP contribution in [0.15, 0.2) is 40.3 Å². The van der Waals surface area contributed by atoms with Gasteiger partial charge in [-0.1, -0.05) is 28.1 Å². The van der Waals surface area contributed by atoms with Crippen molar-refractivity contribution >= 4 is 27.3 Å². The molecular formula is C14H15BrN2S. The molecule has 0 unspecified atom stereocenters. The van der Waals surface area contributed by atoms with Crippen molar-refractivity contribution in [1.29, 1.82) is 0 Å². The molecule has 0 bridgehead atoms. The predicted octanol–water partition coefficient (Wildman–Crippen LogP) is 3.94. The lowest BCUT2D eigenvalue weighted by Crippen LogP contribution is -2.39. The quantitative estimate of drug-likeness (QED) is 0.922. The van der Waals surface area contributed by atoms with E-state index in [-0.39, 0.29) is 0 Å². The van der Waals surface area contributed by atoms with Gasteiger partial charge in [0.05, 0.1) is 0 Å². The molecule has 3 rings (SSSR count). The van der Waals surface area contributed by atoms with Crippen molar-refractivity contribution in [3.63, 3.8) is 0 Å². The van der Waals surface area contributed by atoms with Crippen LogP contribution in [0, 0.1) is 0 Å². The first-order chi connectivity index (χ1) is 8.81. The Balaban J connectivity index is 1.48. The zero-order valence-corrected chi connectivity index (χ0v) is 12.4. The molecule has 1 aliphatic carbocycles. The molecule has 1 aromatic carbocycles. The van der Waals surface area contributed by atoms with E-state index in [0.717, 1.165) is 12.5 Å². The van der Waals surface area contributed by atoms with E-state index < -0.39 is 0 Å². The molecule has 2 aromatic rings. The van der Waals surface area contributed by atoms with Gasteiger partial charge in [-0.2, -0.15) is 0 Å². The molecule has 4 heteroatoms. The first kappa shape index (κ1) is 12.3. The van der Waals surface area contributed by atoms with Gasteiger partial charge in [0, 0.05) is 28.6 Å². The Bertz CT molecular complexity index is 506. The van der Waals surface area contributed by atoms with Crippen molar-refractivity contribution in [2.45, 2.75) is 31.3 Å². The molecular weight excluding hydrogens is 308 g/mol. The van der Waals surface area contributed by atoms with Gasteiger partial charge in [-0.05, 0) is 36.5 Å². The molecule has 18 heavy (non-hydrogen) atoms. The molecule has 0 radical (unpaired) electrons. The molecule has 94 valence electrons. The molecule has 2 nitrogen and oxygen atoms in total. The maximum Gasteiger partial charge on any atom is 0.106 e. The monoisotopic (exact) mass is 322 g/mol. The second kappa shape index (κ2) is 5.51. The van der Waals surface area contributed by atoms with Crippen LogP contribution in [0.2, 0.25) is 0 Å². The van der Waals surface area contributed by atoms with Crippen LogP contribution < -0.4 is 5.32 Å². The number of benzene rings is 1. The second-order valence-electron chi connectivity index (χ2n) is 4.73. The Labute approximate surface area is 120 Å².